The number of rotatable bonds is 8. The zero-order valence-corrected chi connectivity index (χ0v) is 14.6. The van der Waals surface area contributed by atoms with E-state index in [4.69, 9.17) is 4.74 Å². The Morgan fingerprint density at radius 2 is 1.41 bits per heavy atom. The summed E-state index contributed by atoms with van der Waals surface area (Å²) in [6.07, 6.45) is -11.4. The fraction of sp³-hybridized carbons (Fsp3) is 0.929. The third kappa shape index (κ3) is 5.61. The Bertz CT molecular complexity index is 574. The molecule has 1 rings (SSSR count). The summed E-state index contributed by atoms with van der Waals surface area (Å²) in [5, 5.41) is 0. The van der Waals surface area contributed by atoms with Crippen LogP contribution in [0.3, 0.4) is 0 Å². The first-order valence-corrected chi connectivity index (χ1v) is 7.94. The van der Waals surface area contributed by atoms with Gasteiger partial charge in [0.1, 0.15) is 12.5 Å². The van der Waals surface area contributed by atoms with Gasteiger partial charge in [0.2, 0.25) is 0 Å². The molecule has 0 spiro atoms. The van der Waals surface area contributed by atoms with Crippen molar-refractivity contribution in [2.45, 2.75) is 49.3 Å². The molecule has 0 radical (unpaired) electrons. The third-order valence-corrected chi connectivity index (χ3v) is 3.85. The topological polar surface area (TPSA) is 38.8 Å². The minimum Gasteiger partial charge on any atom is -0.457 e. The average Bonchev–Trinajstić information content (AvgIpc) is 2.52. The summed E-state index contributed by atoms with van der Waals surface area (Å²) in [6, 6.07) is 0. The maximum Gasteiger partial charge on any atom is 0.410 e. The zero-order chi connectivity index (χ0) is 22.9. The van der Waals surface area contributed by atoms with Gasteiger partial charge in [0.15, 0.2) is 0 Å². The first kappa shape index (κ1) is 25.7. The third-order valence-electron chi connectivity index (χ3n) is 3.85. The molecule has 1 atom stereocenters. The lowest BCUT2D eigenvalue weighted by Gasteiger charge is -2.36. The predicted octanol–water partition coefficient (Wildman–Crippen LogP) is 3.74. The molecule has 0 aromatic heterocycles. The molecule has 1 heterocycles. The maximum absolute atomic E-state index is 13.6. The molecule has 1 unspecified atom stereocenters. The second-order valence-corrected chi connectivity index (χ2v) is 6.35. The van der Waals surface area contributed by atoms with Gasteiger partial charge in [-0.3, -0.25) is 4.90 Å². The van der Waals surface area contributed by atoms with Gasteiger partial charge in [0, 0.05) is 19.6 Å². The van der Waals surface area contributed by atoms with Gasteiger partial charge < -0.3 is 9.47 Å². The number of ether oxygens (including phenoxy) is 2. The van der Waals surface area contributed by atoms with Gasteiger partial charge >= 0.3 is 35.8 Å². The highest BCUT2D eigenvalue weighted by Gasteiger charge is 2.84. The van der Waals surface area contributed by atoms with Crippen molar-refractivity contribution in [2.75, 3.05) is 32.8 Å². The van der Waals surface area contributed by atoms with Gasteiger partial charge in [0.25, 0.3) is 0 Å². The van der Waals surface area contributed by atoms with Crippen LogP contribution in [0.4, 0.5) is 48.3 Å². The minimum atomic E-state index is -7.22. The van der Waals surface area contributed by atoms with Crippen LogP contribution in [-0.2, 0) is 14.3 Å². The molecule has 1 aliphatic rings. The fourth-order valence-electron chi connectivity index (χ4n) is 2.36. The molecule has 172 valence electrons. The van der Waals surface area contributed by atoms with E-state index in [1.165, 1.54) is 4.90 Å². The maximum atomic E-state index is 13.6. The van der Waals surface area contributed by atoms with Crippen LogP contribution in [0.1, 0.15) is 13.3 Å². The van der Waals surface area contributed by atoms with Crippen LogP contribution in [-0.4, -0.2) is 79.7 Å². The van der Waals surface area contributed by atoms with Crippen molar-refractivity contribution in [1.29, 1.82) is 0 Å². The van der Waals surface area contributed by atoms with Gasteiger partial charge in [-0.25, -0.2) is 4.79 Å². The largest absolute Gasteiger partial charge is 0.457 e. The summed E-state index contributed by atoms with van der Waals surface area (Å²) < 4.78 is 152. The van der Waals surface area contributed by atoms with Crippen LogP contribution in [0.5, 0.6) is 0 Å². The molecule has 4 nitrogen and oxygen atoms in total. The summed E-state index contributed by atoms with van der Waals surface area (Å²) in [7, 11) is 0. The molecule has 1 fully saturated rings. The van der Waals surface area contributed by atoms with E-state index in [0.29, 0.717) is 0 Å². The van der Waals surface area contributed by atoms with Crippen LogP contribution in [0.15, 0.2) is 0 Å². The molecule has 0 saturated carbocycles. The first-order valence-electron chi connectivity index (χ1n) is 7.94. The van der Waals surface area contributed by atoms with Gasteiger partial charge in [-0.1, -0.05) is 0 Å². The van der Waals surface area contributed by atoms with Crippen LogP contribution in [0.25, 0.3) is 0 Å². The highest BCUT2D eigenvalue weighted by molar-refractivity contribution is 5.79. The molecule has 15 heteroatoms. The van der Waals surface area contributed by atoms with E-state index in [9.17, 15) is 53.1 Å². The molecule has 0 aromatic rings. The smallest absolute Gasteiger partial charge is 0.410 e. The van der Waals surface area contributed by atoms with Crippen molar-refractivity contribution < 1.29 is 62.6 Å². The zero-order valence-electron chi connectivity index (χ0n) is 14.6. The average molecular weight is 455 g/mol. The number of nitrogens with zero attached hydrogens (tertiary/aromatic N) is 1. The Morgan fingerprint density at radius 1 is 0.931 bits per heavy atom. The van der Waals surface area contributed by atoms with Crippen molar-refractivity contribution in [3.05, 3.63) is 0 Å². The molecule has 1 saturated heterocycles. The summed E-state index contributed by atoms with van der Waals surface area (Å²) >= 11 is 0. The van der Waals surface area contributed by atoms with Crippen LogP contribution < -0.4 is 0 Å². The Balaban J connectivity index is 2.96. The number of carbonyl (C=O) groups excluding carboxylic acids is 1. The lowest BCUT2D eigenvalue weighted by atomic mass is 9.96. The van der Waals surface area contributed by atoms with Gasteiger partial charge in [-0.15, -0.1) is 0 Å². The Kier molecular flexibility index (Phi) is 7.43. The normalized spacial score (nSPS) is 19.2. The Morgan fingerprint density at radius 3 is 1.86 bits per heavy atom. The fourth-order valence-corrected chi connectivity index (χ4v) is 2.36. The minimum absolute atomic E-state index is 0.218. The Hall–Kier alpha value is -1.38. The quantitative estimate of drug-likeness (QED) is 0.413. The molecule has 0 amide bonds. The number of hydrogen-bond acceptors (Lipinski definition) is 4. The molecule has 0 aliphatic carbocycles. The van der Waals surface area contributed by atoms with Crippen molar-refractivity contribution in [3.8, 4) is 0 Å². The number of carbonyl (C=O) groups is 1. The lowest BCUT2D eigenvalue weighted by molar-refractivity contribution is -0.372. The number of alkyl halides is 11. The number of halogens is 11. The van der Waals surface area contributed by atoms with E-state index in [1.807, 2.05) is 0 Å². The molecule has 0 N–H and O–H groups in total. The van der Waals surface area contributed by atoms with Crippen LogP contribution in [0.2, 0.25) is 0 Å². The van der Waals surface area contributed by atoms with E-state index < -0.39 is 48.4 Å². The highest BCUT2D eigenvalue weighted by atomic mass is 19.4. The second kappa shape index (κ2) is 8.40. The van der Waals surface area contributed by atoms with Gasteiger partial charge in [-0.05, 0) is 6.92 Å². The van der Waals surface area contributed by atoms with Crippen LogP contribution >= 0.6 is 0 Å². The summed E-state index contributed by atoms with van der Waals surface area (Å²) in [6.45, 7) is 1.58. The molecular weight excluding hydrogens is 439 g/mol. The lowest BCUT2D eigenvalue weighted by Crippen LogP contribution is -2.65. The molecule has 29 heavy (non-hydrogen) atoms. The van der Waals surface area contributed by atoms with E-state index in [1.54, 1.807) is 0 Å². The summed E-state index contributed by atoms with van der Waals surface area (Å²) in [5.41, 5.74) is 0. The first-order chi connectivity index (χ1) is 12.8. The van der Waals surface area contributed by atoms with E-state index in [0.717, 1.165) is 6.92 Å². The molecule has 0 bridgehead atoms. The number of morpholine rings is 1. The van der Waals surface area contributed by atoms with Crippen molar-refractivity contribution in [1.82, 2.24) is 4.90 Å². The standard InChI is InChI=1S/C14H16F11NO3/c1-8(6-26-2-4-28-5-3-26)29-9(27)12(20,21)14(24,25)13(22,23)10(15,16)7-11(17,18)19/h8H,2-7H2,1H3. The van der Waals surface area contributed by atoms with Gasteiger partial charge in [0.05, 0.1) is 13.2 Å². The molecule has 0 aromatic carbocycles. The summed E-state index contributed by atoms with van der Waals surface area (Å²) in [5.74, 6) is -30.8. The highest BCUT2D eigenvalue weighted by Crippen LogP contribution is 2.55. The molecule has 1 aliphatic heterocycles. The van der Waals surface area contributed by atoms with E-state index in [2.05, 4.69) is 4.74 Å². The predicted molar refractivity (Wildman–Crippen MR) is 73.3 cm³/mol. The SMILES string of the molecule is CC(CN1CCOCC1)OC(=O)C(F)(F)C(F)(F)C(F)(F)C(F)(F)CC(F)(F)F. The van der Waals surface area contributed by atoms with E-state index >= 15 is 0 Å². The van der Waals surface area contributed by atoms with Crippen molar-refractivity contribution in [2.24, 2.45) is 0 Å². The van der Waals surface area contributed by atoms with Gasteiger partial charge in [-0.2, -0.15) is 48.3 Å². The monoisotopic (exact) mass is 455 g/mol. The van der Waals surface area contributed by atoms with E-state index in [-0.39, 0.29) is 32.8 Å². The Labute approximate surface area is 156 Å². The number of esters is 1. The van der Waals surface area contributed by atoms with Crippen molar-refractivity contribution in [3.63, 3.8) is 0 Å². The van der Waals surface area contributed by atoms with Crippen molar-refractivity contribution >= 4 is 5.97 Å². The number of hydrogen-bond donors (Lipinski definition) is 0. The van der Waals surface area contributed by atoms with Crippen LogP contribution in [0, 0.1) is 0 Å². The summed E-state index contributed by atoms with van der Waals surface area (Å²) in [4.78, 5) is 12.8. The second-order valence-electron chi connectivity index (χ2n) is 6.35. The molecular formula is C14H16F11NO3.